The van der Waals surface area contributed by atoms with Gasteiger partial charge in [0.05, 0.1) is 0 Å². The topological polar surface area (TPSA) is 14.1 Å². The van der Waals surface area contributed by atoms with Crippen molar-refractivity contribution in [1.82, 2.24) is 5.32 Å². The molecule has 53 valence electrons. The van der Waals surface area contributed by atoms with Gasteiger partial charge in [-0.1, -0.05) is 23.7 Å². The maximum atomic E-state index is 5.67. The van der Waals surface area contributed by atoms with Crippen LogP contribution in [-0.2, 0) is 6.54 Å². The lowest BCUT2D eigenvalue weighted by Gasteiger charge is -2.01. The second-order valence-corrected chi connectivity index (χ2v) is 2.44. The van der Waals surface area contributed by atoms with Gasteiger partial charge >= 0.3 is 0 Å². The SMILES string of the molecule is [CH2-][N]Cc1ccc(Cl)cc1. The Morgan fingerprint density at radius 3 is 2.40 bits per heavy atom. The van der Waals surface area contributed by atoms with Crippen molar-refractivity contribution in [2.45, 2.75) is 6.54 Å². The van der Waals surface area contributed by atoms with Gasteiger partial charge < -0.3 is 5.32 Å². The summed E-state index contributed by atoms with van der Waals surface area (Å²) in [5, 5.41) is 4.50. The van der Waals surface area contributed by atoms with E-state index < -0.39 is 0 Å². The maximum absolute atomic E-state index is 5.67. The predicted molar refractivity (Wildman–Crippen MR) is 42.6 cm³/mol. The molecule has 0 aliphatic rings. The van der Waals surface area contributed by atoms with Crippen LogP contribution in [0.15, 0.2) is 24.3 Å². The molecule has 0 N–H and O–H groups in total. The summed E-state index contributed by atoms with van der Waals surface area (Å²) in [4.78, 5) is 0. The average molecular weight is 154 g/mol. The molecule has 0 atom stereocenters. The third-order valence-electron chi connectivity index (χ3n) is 1.21. The van der Waals surface area contributed by atoms with Crippen LogP contribution in [0.5, 0.6) is 0 Å². The van der Waals surface area contributed by atoms with E-state index in [1.165, 1.54) is 0 Å². The molecule has 2 heteroatoms. The molecule has 1 rings (SSSR count). The molecule has 0 fully saturated rings. The normalized spacial score (nSPS) is 9.80. The summed E-state index contributed by atoms with van der Waals surface area (Å²) < 4.78 is 0. The zero-order valence-corrected chi connectivity index (χ0v) is 6.30. The molecule has 10 heavy (non-hydrogen) atoms. The second-order valence-electron chi connectivity index (χ2n) is 2.01. The Morgan fingerprint density at radius 2 is 1.90 bits per heavy atom. The summed E-state index contributed by atoms with van der Waals surface area (Å²) in [5.74, 6) is 0. The first-order chi connectivity index (χ1) is 4.83. The highest BCUT2D eigenvalue weighted by Gasteiger charge is 1.87. The molecule has 0 aromatic heterocycles. The Hall–Kier alpha value is -0.530. The van der Waals surface area contributed by atoms with Crippen molar-refractivity contribution in [3.05, 3.63) is 41.9 Å². The standard InChI is InChI=1S/C8H8ClN/c1-10-6-7-2-4-8(9)5-3-7/h2-5H,1,6H2/q-1. The average Bonchev–Trinajstić information content (AvgIpc) is 1.95. The van der Waals surface area contributed by atoms with Crippen LogP contribution in [0, 0.1) is 7.05 Å². The highest BCUT2D eigenvalue weighted by Crippen LogP contribution is 2.08. The lowest BCUT2D eigenvalue weighted by Crippen LogP contribution is -1.93. The fraction of sp³-hybridized carbons (Fsp3) is 0.125. The highest BCUT2D eigenvalue weighted by molar-refractivity contribution is 6.30. The molecule has 0 saturated carbocycles. The predicted octanol–water partition coefficient (Wildman–Crippen LogP) is 2.24. The molecule has 0 spiro atoms. The molecular formula is C8H8ClN-. The third-order valence-corrected chi connectivity index (χ3v) is 1.46. The van der Waals surface area contributed by atoms with Crippen LogP contribution in [0.1, 0.15) is 5.56 Å². The molecule has 1 nitrogen and oxygen atoms in total. The molecular weight excluding hydrogens is 146 g/mol. The van der Waals surface area contributed by atoms with Gasteiger partial charge in [-0.25, -0.2) is 0 Å². The number of halogens is 1. The molecule has 1 aromatic rings. The quantitative estimate of drug-likeness (QED) is 0.579. The molecule has 1 aromatic carbocycles. The van der Waals surface area contributed by atoms with E-state index in [-0.39, 0.29) is 0 Å². The molecule has 0 saturated heterocycles. The lowest BCUT2D eigenvalue weighted by molar-refractivity contribution is 0.849. The molecule has 0 aliphatic heterocycles. The van der Waals surface area contributed by atoms with Crippen LogP contribution in [0.3, 0.4) is 0 Å². The van der Waals surface area contributed by atoms with E-state index in [0.29, 0.717) is 6.54 Å². The van der Waals surface area contributed by atoms with Gasteiger partial charge in [0.1, 0.15) is 0 Å². The van der Waals surface area contributed by atoms with Crippen molar-refractivity contribution >= 4 is 11.6 Å². The molecule has 1 radical (unpaired) electrons. The van der Waals surface area contributed by atoms with Crippen molar-refractivity contribution < 1.29 is 0 Å². The van der Waals surface area contributed by atoms with Crippen molar-refractivity contribution in [2.75, 3.05) is 0 Å². The Kier molecular flexibility index (Phi) is 2.72. The highest BCUT2D eigenvalue weighted by atomic mass is 35.5. The van der Waals surface area contributed by atoms with E-state index in [1.54, 1.807) is 0 Å². The van der Waals surface area contributed by atoms with E-state index in [0.717, 1.165) is 10.6 Å². The first-order valence-electron chi connectivity index (χ1n) is 3.00. The summed E-state index contributed by atoms with van der Waals surface area (Å²) in [6, 6.07) is 7.58. The molecule has 0 amide bonds. The van der Waals surface area contributed by atoms with E-state index in [4.69, 9.17) is 11.6 Å². The van der Waals surface area contributed by atoms with Crippen molar-refractivity contribution in [1.29, 1.82) is 0 Å². The fourth-order valence-electron chi connectivity index (χ4n) is 0.719. The summed E-state index contributed by atoms with van der Waals surface area (Å²) >= 11 is 5.67. The van der Waals surface area contributed by atoms with Crippen molar-refractivity contribution in [2.24, 2.45) is 0 Å². The second kappa shape index (κ2) is 3.59. The Balaban J connectivity index is 2.69. The van der Waals surface area contributed by atoms with Crippen LogP contribution in [0.4, 0.5) is 0 Å². The van der Waals surface area contributed by atoms with Gasteiger partial charge in [0.2, 0.25) is 0 Å². The zero-order valence-electron chi connectivity index (χ0n) is 5.55. The van der Waals surface area contributed by atoms with Gasteiger partial charge in [-0.3, -0.25) is 7.05 Å². The third kappa shape index (κ3) is 2.01. The lowest BCUT2D eigenvalue weighted by atomic mass is 10.2. The van der Waals surface area contributed by atoms with Gasteiger partial charge in [-0.05, 0) is 17.7 Å². The zero-order chi connectivity index (χ0) is 7.40. The number of rotatable bonds is 2. The van der Waals surface area contributed by atoms with Gasteiger partial charge in [-0.2, -0.15) is 0 Å². The number of hydrogen-bond donors (Lipinski definition) is 0. The van der Waals surface area contributed by atoms with Crippen LogP contribution >= 0.6 is 11.6 Å². The number of hydrogen-bond acceptors (Lipinski definition) is 0. The summed E-state index contributed by atoms with van der Waals surface area (Å²) in [5.41, 5.74) is 1.14. The molecule has 0 bridgehead atoms. The number of nitrogens with zero attached hydrogens (tertiary/aromatic N) is 1. The molecule has 0 unspecified atom stereocenters. The van der Waals surface area contributed by atoms with Crippen molar-refractivity contribution in [3.63, 3.8) is 0 Å². The molecule has 0 aliphatic carbocycles. The van der Waals surface area contributed by atoms with Gasteiger partial charge in [0.25, 0.3) is 0 Å². The molecule has 0 heterocycles. The van der Waals surface area contributed by atoms with Crippen LogP contribution in [-0.4, -0.2) is 0 Å². The van der Waals surface area contributed by atoms with Crippen LogP contribution in [0.25, 0.3) is 0 Å². The summed E-state index contributed by atoms with van der Waals surface area (Å²) in [6.45, 7) is 0.664. The smallest absolute Gasteiger partial charge is 0.0406 e. The van der Waals surface area contributed by atoms with Gasteiger partial charge in [-0.15, -0.1) is 0 Å². The largest absolute Gasteiger partial charge is 0.420 e. The first-order valence-corrected chi connectivity index (χ1v) is 3.37. The summed E-state index contributed by atoms with van der Waals surface area (Å²) in [7, 11) is 3.40. The van der Waals surface area contributed by atoms with Crippen LogP contribution < -0.4 is 5.32 Å². The minimum Gasteiger partial charge on any atom is -0.420 e. The first kappa shape index (κ1) is 7.58. The number of benzene rings is 1. The Bertz CT molecular complexity index is 193. The Labute approximate surface area is 66.0 Å². The minimum atomic E-state index is 0.664. The van der Waals surface area contributed by atoms with E-state index in [9.17, 15) is 0 Å². The van der Waals surface area contributed by atoms with Gasteiger partial charge in [0.15, 0.2) is 0 Å². The fourth-order valence-corrected chi connectivity index (χ4v) is 0.845. The Morgan fingerprint density at radius 1 is 1.30 bits per heavy atom. The van der Waals surface area contributed by atoms with E-state index >= 15 is 0 Å². The van der Waals surface area contributed by atoms with E-state index in [2.05, 4.69) is 12.4 Å². The van der Waals surface area contributed by atoms with Crippen molar-refractivity contribution in [3.8, 4) is 0 Å². The monoisotopic (exact) mass is 153 g/mol. The maximum Gasteiger partial charge on any atom is 0.0406 e. The van der Waals surface area contributed by atoms with Gasteiger partial charge in [0, 0.05) is 11.6 Å². The minimum absolute atomic E-state index is 0.664. The van der Waals surface area contributed by atoms with Crippen LogP contribution in [0.2, 0.25) is 5.02 Å². The van der Waals surface area contributed by atoms with E-state index in [1.807, 2.05) is 24.3 Å². The summed E-state index contributed by atoms with van der Waals surface area (Å²) in [6.07, 6.45) is 0.